The van der Waals surface area contributed by atoms with Crippen LogP contribution in [0.3, 0.4) is 0 Å². The van der Waals surface area contributed by atoms with Gasteiger partial charge in [0.1, 0.15) is 0 Å². The molecule has 0 saturated carbocycles. The molecule has 0 radical (unpaired) electrons. The molecule has 0 aliphatic heterocycles. The van der Waals surface area contributed by atoms with Gasteiger partial charge in [-0.3, -0.25) is 4.90 Å². The van der Waals surface area contributed by atoms with Crippen LogP contribution >= 0.6 is 0 Å². The highest BCUT2D eigenvalue weighted by Gasteiger charge is 2.14. The maximum Gasteiger partial charge on any atom is 0.0242 e. The van der Waals surface area contributed by atoms with Gasteiger partial charge in [-0.05, 0) is 50.8 Å². The van der Waals surface area contributed by atoms with Crippen LogP contribution in [0.5, 0.6) is 0 Å². The minimum absolute atomic E-state index is 0.591. The molecular formula is C16H28N2. The molecule has 0 saturated heterocycles. The van der Waals surface area contributed by atoms with Gasteiger partial charge >= 0.3 is 0 Å². The number of rotatable bonds is 6. The molecule has 1 unspecified atom stereocenters. The van der Waals surface area contributed by atoms with E-state index in [1.807, 2.05) is 0 Å². The van der Waals surface area contributed by atoms with E-state index >= 15 is 0 Å². The van der Waals surface area contributed by atoms with Crippen LogP contribution in [0.2, 0.25) is 0 Å². The minimum Gasteiger partial charge on any atom is -0.329 e. The number of nitrogens with zero attached hydrogens (tertiary/aromatic N) is 1. The zero-order valence-electron chi connectivity index (χ0n) is 12.6. The van der Waals surface area contributed by atoms with E-state index in [1.165, 1.54) is 28.7 Å². The van der Waals surface area contributed by atoms with Gasteiger partial charge in [0.25, 0.3) is 0 Å². The fourth-order valence-electron chi connectivity index (χ4n) is 2.54. The predicted octanol–water partition coefficient (Wildman–Crippen LogP) is 3.17. The van der Waals surface area contributed by atoms with Crippen LogP contribution in [0.15, 0.2) is 12.1 Å². The van der Waals surface area contributed by atoms with E-state index in [2.05, 4.69) is 51.7 Å². The second-order valence-electron chi connectivity index (χ2n) is 5.39. The Morgan fingerprint density at radius 1 is 1.17 bits per heavy atom. The minimum atomic E-state index is 0.591. The van der Waals surface area contributed by atoms with Crippen molar-refractivity contribution < 1.29 is 0 Å². The van der Waals surface area contributed by atoms with Crippen LogP contribution in [0.25, 0.3) is 0 Å². The molecule has 2 heteroatoms. The summed E-state index contributed by atoms with van der Waals surface area (Å²) in [5.41, 5.74) is 11.4. The summed E-state index contributed by atoms with van der Waals surface area (Å²) in [5.74, 6) is 0. The third-order valence-corrected chi connectivity index (χ3v) is 3.83. The summed E-state index contributed by atoms with van der Waals surface area (Å²) in [5, 5.41) is 0. The highest BCUT2D eigenvalue weighted by Crippen LogP contribution is 2.19. The van der Waals surface area contributed by atoms with Gasteiger partial charge in [-0.1, -0.05) is 24.6 Å². The van der Waals surface area contributed by atoms with Gasteiger partial charge in [-0.2, -0.15) is 0 Å². The van der Waals surface area contributed by atoms with Gasteiger partial charge in [0.05, 0.1) is 0 Å². The molecule has 0 aliphatic rings. The molecule has 1 rings (SSSR count). The molecule has 18 heavy (non-hydrogen) atoms. The van der Waals surface area contributed by atoms with Crippen LogP contribution in [0, 0.1) is 20.8 Å². The molecule has 1 aromatic rings. The first-order valence-corrected chi connectivity index (χ1v) is 7.00. The number of nitrogens with two attached hydrogens (primary N) is 1. The molecule has 0 heterocycles. The lowest BCUT2D eigenvalue weighted by Crippen LogP contribution is -2.36. The Kier molecular flexibility index (Phi) is 5.83. The molecule has 2 N–H and O–H groups in total. The van der Waals surface area contributed by atoms with E-state index in [0.717, 1.165) is 19.6 Å². The molecule has 102 valence electrons. The summed E-state index contributed by atoms with van der Waals surface area (Å²) >= 11 is 0. The normalized spacial score (nSPS) is 13.1. The van der Waals surface area contributed by atoms with Crippen molar-refractivity contribution in [3.05, 3.63) is 34.4 Å². The zero-order valence-corrected chi connectivity index (χ0v) is 12.6. The van der Waals surface area contributed by atoms with Crippen molar-refractivity contribution in [1.82, 2.24) is 4.90 Å². The molecule has 0 aromatic heterocycles. The SMILES string of the molecule is CCC(C)N(CCN)Cc1c(C)cc(C)cc1C. The third kappa shape index (κ3) is 3.82. The first-order chi connectivity index (χ1) is 8.49. The van der Waals surface area contributed by atoms with E-state index in [4.69, 9.17) is 5.73 Å². The van der Waals surface area contributed by atoms with Crippen LogP contribution in [0.4, 0.5) is 0 Å². The Labute approximate surface area is 112 Å². The molecular weight excluding hydrogens is 220 g/mol. The largest absolute Gasteiger partial charge is 0.329 e. The van der Waals surface area contributed by atoms with Crippen LogP contribution < -0.4 is 5.73 Å². The van der Waals surface area contributed by atoms with Gasteiger partial charge in [-0.15, -0.1) is 0 Å². The molecule has 0 spiro atoms. The summed E-state index contributed by atoms with van der Waals surface area (Å²) in [6, 6.07) is 5.15. The summed E-state index contributed by atoms with van der Waals surface area (Å²) in [6.45, 7) is 13.8. The first kappa shape index (κ1) is 15.2. The van der Waals surface area contributed by atoms with Crippen LogP contribution in [-0.2, 0) is 6.54 Å². The van der Waals surface area contributed by atoms with Gasteiger partial charge in [0.2, 0.25) is 0 Å². The first-order valence-electron chi connectivity index (χ1n) is 7.00. The lowest BCUT2D eigenvalue weighted by atomic mass is 9.99. The number of hydrogen-bond acceptors (Lipinski definition) is 2. The summed E-state index contributed by atoms with van der Waals surface area (Å²) in [6.07, 6.45) is 1.17. The van der Waals surface area contributed by atoms with Crippen molar-refractivity contribution >= 4 is 0 Å². The highest BCUT2D eigenvalue weighted by atomic mass is 15.2. The molecule has 1 aromatic carbocycles. The van der Waals surface area contributed by atoms with Crippen molar-refractivity contribution in [3.63, 3.8) is 0 Å². The molecule has 2 nitrogen and oxygen atoms in total. The van der Waals surface area contributed by atoms with Gasteiger partial charge < -0.3 is 5.73 Å². The van der Waals surface area contributed by atoms with E-state index in [0.29, 0.717) is 6.04 Å². The second kappa shape index (κ2) is 6.91. The standard InChI is InChI=1S/C16H28N2/c1-6-15(5)18(8-7-17)11-16-13(3)9-12(2)10-14(16)4/h9-10,15H,6-8,11,17H2,1-5H3. The Morgan fingerprint density at radius 3 is 2.17 bits per heavy atom. The van der Waals surface area contributed by atoms with E-state index < -0.39 is 0 Å². The van der Waals surface area contributed by atoms with Crippen LogP contribution in [0.1, 0.15) is 42.5 Å². The summed E-state index contributed by atoms with van der Waals surface area (Å²) < 4.78 is 0. The third-order valence-electron chi connectivity index (χ3n) is 3.83. The van der Waals surface area contributed by atoms with Gasteiger partial charge in [0.15, 0.2) is 0 Å². The van der Waals surface area contributed by atoms with Crippen molar-refractivity contribution in [1.29, 1.82) is 0 Å². The van der Waals surface area contributed by atoms with Crippen molar-refractivity contribution in [2.75, 3.05) is 13.1 Å². The topological polar surface area (TPSA) is 29.3 Å². The fraction of sp³-hybridized carbons (Fsp3) is 0.625. The maximum atomic E-state index is 5.73. The molecule has 0 bridgehead atoms. The Bertz CT molecular complexity index is 362. The Hall–Kier alpha value is -0.860. The van der Waals surface area contributed by atoms with Gasteiger partial charge in [0, 0.05) is 25.7 Å². The zero-order chi connectivity index (χ0) is 13.7. The van der Waals surface area contributed by atoms with Crippen LogP contribution in [-0.4, -0.2) is 24.0 Å². The van der Waals surface area contributed by atoms with E-state index in [1.54, 1.807) is 0 Å². The Balaban J connectivity index is 2.93. The molecule has 0 aliphatic carbocycles. The monoisotopic (exact) mass is 248 g/mol. The Morgan fingerprint density at radius 2 is 1.72 bits per heavy atom. The predicted molar refractivity (Wildman–Crippen MR) is 79.9 cm³/mol. The fourth-order valence-corrected chi connectivity index (χ4v) is 2.54. The summed E-state index contributed by atoms with van der Waals surface area (Å²) in [4.78, 5) is 2.49. The number of benzene rings is 1. The number of aryl methyl sites for hydroxylation is 3. The maximum absolute atomic E-state index is 5.73. The number of hydrogen-bond donors (Lipinski definition) is 1. The second-order valence-corrected chi connectivity index (χ2v) is 5.39. The average Bonchev–Trinajstić information content (AvgIpc) is 2.31. The van der Waals surface area contributed by atoms with Crippen molar-refractivity contribution in [3.8, 4) is 0 Å². The van der Waals surface area contributed by atoms with Crippen molar-refractivity contribution in [2.24, 2.45) is 5.73 Å². The smallest absolute Gasteiger partial charge is 0.0242 e. The average molecular weight is 248 g/mol. The lowest BCUT2D eigenvalue weighted by molar-refractivity contribution is 0.200. The van der Waals surface area contributed by atoms with Crippen molar-refractivity contribution in [2.45, 2.75) is 53.6 Å². The quantitative estimate of drug-likeness (QED) is 0.838. The van der Waals surface area contributed by atoms with Gasteiger partial charge in [-0.25, -0.2) is 0 Å². The van der Waals surface area contributed by atoms with E-state index in [9.17, 15) is 0 Å². The molecule has 0 amide bonds. The molecule has 1 atom stereocenters. The van der Waals surface area contributed by atoms with E-state index in [-0.39, 0.29) is 0 Å². The highest BCUT2D eigenvalue weighted by molar-refractivity contribution is 5.37. The lowest BCUT2D eigenvalue weighted by Gasteiger charge is -2.29. The summed E-state index contributed by atoms with van der Waals surface area (Å²) in [7, 11) is 0. The molecule has 0 fully saturated rings.